The van der Waals surface area contributed by atoms with Crippen LogP contribution in [0.1, 0.15) is 78.1 Å². The summed E-state index contributed by atoms with van der Waals surface area (Å²) >= 11 is 0. The van der Waals surface area contributed by atoms with E-state index < -0.39 is 0 Å². The molecule has 3 heteroatoms. The zero-order chi connectivity index (χ0) is 17.9. The Morgan fingerprint density at radius 1 is 0.885 bits per heavy atom. The van der Waals surface area contributed by atoms with E-state index in [0.717, 1.165) is 55.6 Å². The molecule has 1 saturated heterocycles. The molecule has 1 spiro atoms. The van der Waals surface area contributed by atoms with Crippen molar-refractivity contribution >= 4 is 0 Å². The minimum Gasteiger partial charge on any atom is -0.393 e. The van der Waals surface area contributed by atoms with Crippen molar-refractivity contribution in [3.8, 4) is 0 Å². The summed E-state index contributed by atoms with van der Waals surface area (Å²) in [6.45, 7) is 6.15. The first kappa shape index (κ1) is 17.9. The first-order valence-corrected chi connectivity index (χ1v) is 11.5. The Morgan fingerprint density at radius 2 is 1.69 bits per heavy atom. The highest BCUT2D eigenvalue weighted by Gasteiger charge is 2.58. The summed E-state index contributed by atoms with van der Waals surface area (Å²) < 4.78 is 12.2. The Hall–Kier alpha value is -0.120. The maximum Gasteiger partial charge on any atom is 0.168 e. The average molecular weight is 363 g/mol. The highest BCUT2D eigenvalue weighted by Crippen LogP contribution is 2.64. The van der Waals surface area contributed by atoms with Crippen LogP contribution in [-0.2, 0) is 9.47 Å². The topological polar surface area (TPSA) is 38.7 Å². The maximum absolute atomic E-state index is 10.4. The molecule has 0 aromatic carbocycles. The van der Waals surface area contributed by atoms with E-state index in [1.54, 1.807) is 0 Å². The Balaban J connectivity index is 1.36. The number of rotatable bonds is 1. The minimum absolute atomic E-state index is 0.132. The van der Waals surface area contributed by atoms with Gasteiger partial charge in [-0.2, -0.15) is 0 Å². The Morgan fingerprint density at radius 3 is 2.46 bits per heavy atom. The standard InChI is InChI=1S/C23H38O3/c1-15(24)20-7-8-21-19-6-5-16-14-23(25-12-13-26-23)10-3-4-17(16)18(19)9-11-22(20,21)2/h15-21,24H,3-14H2,1-2H3/t15?,16-,17+,18-,19-,20-,21+,22-/m1/s1. The minimum atomic E-state index is -0.222. The molecule has 0 aromatic rings. The lowest BCUT2D eigenvalue weighted by Gasteiger charge is -2.55. The summed E-state index contributed by atoms with van der Waals surface area (Å²) in [6, 6.07) is 0. The van der Waals surface area contributed by atoms with Gasteiger partial charge < -0.3 is 14.6 Å². The molecule has 4 saturated carbocycles. The molecule has 3 nitrogen and oxygen atoms in total. The first-order chi connectivity index (χ1) is 12.5. The normalized spacial score (nSPS) is 51.3. The van der Waals surface area contributed by atoms with Crippen LogP contribution in [-0.4, -0.2) is 30.2 Å². The third-order valence-electron chi connectivity index (χ3n) is 9.66. The fourth-order valence-corrected chi connectivity index (χ4v) is 8.64. The summed E-state index contributed by atoms with van der Waals surface area (Å²) in [5, 5.41) is 10.4. The molecule has 0 aromatic heterocycles. The van der Waals surface area contributed by atoms with Crippen LogP contribution in [0.25, 0.3) is 0 Å². The second-order valence-electron chi connectivity index (χ2n) is 10.6. The smallest absolute Gasteiger partial charge is 0.168 e. The van der Waals surface area contributed by atoms with Crippen LogP contribution in [0.4, 0.5) is 0 Å². The van der Waals surface area contributed by atoms with Gasteiger partial charge in [0.25, 0.3) is 0 Å². The predicted molar refractivity (Wildman–Crippen MR) is 102 cm³/mol. The number of ether oxygens (including phenoxy) is 2. The summed E-state index contributed by atoms with van der Waals surface area (Å²) in [4.78, 5) is 0. The number of hydrogen-bond acceptors (Lipinski definition) is 3. The van der Waals surface area contributed by atoms with Crippen LogP contribution in [0.15, 0.2) is 0 Å². The molecule has 5 aliphatic rings. The van der Waals surface area contributed by atoms with Gasteiger partial charge in [-0.05, 0) is 99.2 Å². The van der Waals surface area contributed by atoms with Gasteiger partial charge in [0.15, 0.2) is 5.79 Å². The summed E-state index contributed by atoms with van der Waals surface area (Å²) in [7, 11) is 0. The van der Waals surface area contributed by atoms with Crippen molar-refractivity contribution < 1.29 is 14.6 Å². The van der Waals surface area contributed by atoms with Gasteiger partial charge in [0.2, 0.25) is 0 Å². The highest BCUT2D eigenvalue weighted by atomic mass is 16.7. The van der Waals surface area contributed by atoms with Crippen molar-refractivity contribution in [1.82, 2.24) is 0 Å². The fourth-order valence-electron chi connectivity index (χ4n) is 8.64. The van der Waals surface area contributed by atoms with Crippen LogP contribution in [0.2, 0.25) is 0 Å². The van der Waals surface area contributed by atoms with Gasteiger partial charge >= 0.3 is 0 Å². The van der Waals surface area contributed by atoms with E-state index in [1.165, 1.54) is 51.4 Å². The van der Waals surface area contributed by atoms with Gasteiger partial charge in [0, 0.05) is 12.8 Å². The van der Waals surface area contributed by atoms with Gasteiger partial charge in [-0.15, -0.1) is 0 Å². The van der Waals surface area contributed by atoms with Gasteiger partial charge in [0.1, 0.15) is 0 Å². The summed E-state index contributed by atoms with van der Waals surface area (Å²) in [6.07, 6.45) is 13.0. The molecular weight excluding hydrogens is 324 g/mol. The van der Waals surface area contributed by atoms with E-state index >= 15 is 0 Å². The lowest BCUT2D eigenvalue weighted by Crippen LogP contribution is -2.49. The molecule has 0 radical (unpaired) electrons. The van der Waals surface area contributed by atoms with Crippen LogP contribution in [0.3, 0.4) is 0 Å². The molecule has 0 amide bonds. The summed E-state index contributed by atoms with van der Waals surface area (Å²) in [5.74, 6) is 4.72. The van der Waals surface area contributed by atoms with Gasteiger partial charge in [-0.1, -0.05) is 6.92 Å². The lowest BCUT2D eigenvalue weighted by atomic mass is 9.50. The van der Waals surface area contributed by atoms with E-state index in [2.05, 4.69) is 6.92 Å². The molecule has 1 N–H and O–H groups in total. The molecule has 1 heterocycles. The van der Waals surface area contributed by atoms with Crippen molar-refractivity contribution in [3.05, 3.63) is 0 Å². The van der Waals surface area contributed by atoms with E-state index in [0.29, 0.717) is 11.3 Å². The molecule has 148 valence electrons. The number of fused-ring (bicyclic) bond motifs is 5. The molecule has 1 aliphatic heterocycles. The molecular formula is C23H38O3. The maximum atomic E-state index is 10.4. The molecule has 5 rings (SSSR count). The largest absolute Gasteiger partial charge is 0.393 e. The van der Waals surface area contributed by atoms with E-state index in [-0.39, 0.29) is 11.9 Å². The van der Waals surface area contributed by atoms with Crippen LogP contribution < -0.4 is 0 Å². The highest BCUT2D eigenvalue weighted by molar-refractivity contribution is 5.07. The van der Waals surface area contributed by atoms with Crippen LogP contribution >= 0.6 is 0 Å². The summed E-state index contributed by atoms with van der Waals surface area (Å²) in [5.41, 5.74) is 0.395. The zero-order valence-electron chi connectivity index (χ0n) is 16.8. The molecule has 0 bridgehead atoms. The SMILES string of the molecule is CC(O)[C@H]1CC[C@H]2[C@@H]3CC[C@@H]4CC5(CCC[C@@H]4[C@H]3CC[C@]12C)OCCO5. The number of aliphatic hydroxyl groups is 1. The van der Waals surface area contributed by atoms with Crippen molar-refractivity contribution in [1.29, 1.82) is 0 Å². The van der Waals surface area contributed by atoms with Gasteiger partial charge in [0.05, 0.1) is 19.3 Å². The van der Waals surface area contributed by atoms with Crippen LogP contribution in [0.5, 0.6) is 0 Å². The fraction of sp³-hybridized carbons (Fsp3) is 1.00. The Kier molecular flexibility index (Phi) is 4.46. The predicted octanol–water partition coefficient (Wildman–Crippen LogP) is 4.77. The van der Waals surface area contributed by atoms with E-state index in [9.17, 15) is 5.11 Å². The molecule has 26 heavy (non-hydrogen) atoms. The van der Waals surface area contributed by atoms with Crippen LogP contribution in [0, 0.1) is 40.9 Å². The Labute approximate surface area is 159 Å². The van der Waals surface area contributed by atoms with Crippen molar-refractivity contribution in [2.24, 2.45) is 40.9 Å². The monoisotopic (exact) mass is 362 g/mol. The third kappa shape index (κ3) is 2.63. The van der Waals surface area contributed by atoms with Gasteiger partial charge in [-0.25, -0.2) is 0 Å². The van der Waals surface area contributed by atoms with E-state index in [4.69, 9.17) is 9.47 Å². The quantitative estimate of drug-likeness (QED) is 0.730. The second kappa shape index (κ2) is 6.46. The van der Waals surface area contributed by atoms with Crippen molar-refractivity contribution in [2.75, 3.05) is 13.2 Å². The van der Waals surface area contributed by atoms with Crippen molar-refractivity contribution in [2.45, 2.75) is 89.9 Å². The molecule has 8 atom stereocenters. The number of hydrogen-bond donors (Lipinski definition) is 1. The zero-order valence-corrected chi connectivity index (χ0v) is 16.8. The Bertz CT molecular complexity index is 526. The van der Waals surface area contributed by atoms with Gasteiger partial charge in [-0.3, -0.25) is 0 Å². The third-order valence-corrected chi connectivity index (χ3v) is 9.66. The first-order valence-electron chi connectivity index (χ1n) is 11.5. The molecule has 4 aliphatic carbocycles. The average Bonchev–Trinajstić information content (AvgIpc) is 3.14. The van der Waals surface area contributed by atoms with Crippen molar-refractivity contribution in [3.63, 3.8) is 0 Å². The molecule has 1 unspecified atom stereocenters. The van der Waals surface area contributed by atoms with E-state index in [1.807, 2.05) is 6.92 Å². The number of aliphatic hydroxyl groups excluding tert-OH is 1. The lowest BCUT2D eigenvalue weighted by molar-refractivity contribution is -0.177. The molecule has 5 fully saturated rings. The second-order valence-corrected chi connectivity index (χ2v) is 10.6.